The van der Waals surface area contributed by atoms with Gasteiger partial charge in [-0.15, -0.1) is 10.1 Å². The molecule has 0 N–H and O–H groups in total. The molecule has 0 aromatic carbocycles. The van der Waals surface area contributed by atoms with Crippen molar-refractivity contribution in [3.63, 3.8) is 0 Å². The molecule has 0 aliphatic carbocycles. The van der Waals surface area contributed by atoms with Crippen LogP contribution in [0.25, 0.3) is 0 Å². The van der Waals surface area contributed by atoms with Crippen LogP contribution >= 0.6 is 0 Å². The van der Waals surface area contributed by atoms with Gasteiger partial charge in [0.2, 0.25) is 0 Å². The third-order valence-electron chi connectivity index (χ3n) is 1.42. The molecule has 0 spiro atoms. The van der Waals surface area contributed by atoms with E-state index < -0.39 is 5.09 Å². The lowest BCUT2D eigenvalue weighted by Gasteiger charge is -1.99. The van der Waals surface area contributed by atoms with Crippen LogP contribution < -0.4 is 0 Å². The first-order valence-corrected chi connectivity index (χ1v) is 4.10. The maximum Gasteiger partial charge on any atom is 0.294 e. The molecule has 0 aliphatic heterocycles. The van der Waals surface area contributed by atoms with Crippen LogP contribution in [0.5, 0.6) is 0 Å². The Balaban J connectivity index is 2.91. The summed E-state index contributed by atoms with van der Waals surface area (Å²) in [5.41, 5.74) is 0. The summed E-state index contributed by atoms with van der Waals surface area (Å²) in [7, 11) is 0. The van der Waals surface area contributed by atoms with E-state index in [0.29, 0.717) is 19.5 Å². The summed E-state index contributed by atoms with van der Waals surface area (Å²) in [5.74, 6) is 0. The van der Waals surface area contributed by atoms with E-state index in [9.17, 15) is 14.9 Å². The maximum absolute atomic E-state index is 9.70. The number of hydrogen-bond acceptors (Lipinski definition) is 5. The monoisotopic (exact) mass is 191 g/mol. The molecular formula is C7H13NO5. The number of unbranched alkanes of at least 4 members (excludes halogenated alkanes) is 3. The Morgan fingerprint density at radius 2 is 1.77 bits per heavy atom. The quantitative estimate of drug-likeness (QED) is 0.234. The van der Waals surface area contributed by atoms with Gasteiger partial charge in [-0.1, -0.05) is 6.42 Å². The molecule has 0 heterocycles. The van der Waals surface area contributed by atoms with Crippen LogP contribution in [0.4, 0.5) is 0 Å². The molecule has 0 saturated carbocycles. The fourth-order valence-electron chi connectivity index (χ4n) is 0.828. The van der Waals surface area contributed by atoms with Crippen molar-refractivity contribution in [1.82, 2.24) is 0 Å². The van der Waals surface area contributed by atoms with E-state index in [0.717, 1.165) is 19.3 Å². The van der Waals surface area contributed by atoms with E-state index in [1.54, 1.807) is 0 Å². The average molecular weight is 191 g/mol. The predicted octanol–water partition coefficient (Wildman–Crippen LogP) is 0.928. The Bertz CT molecular complexity index is 150. The van der Waals surface area contributed by atoms with E-state index >= 15 is 0 Å². The van der Waals surface area contributed by atoms with Crippen molar-refractivity contribution in [1.29, 1.82) is 0 Å². The molecule has 0 fully saturated rings. The van der Waals surface area contributed by atoms with Gasteiger partial charge >= 0.3 is 0 Å². The summed E-state index contributed by atoms with van der Waals surface area (Å²) in [6, 6.07) is 0. The van der Waals surface area contributed by atoms with E-state index in [1.807, 2.05) is 0 Å². The third kappa shape index (κ3) is 10.7. The third-order valence-corrected chi connectivity index (χ3v) is 1.42. The van der Waals surface area contributed by atoms with Gasteiger partial charge in [0, 0.05) is 0 Å². The summed E-state index contributed by atoms with van der Waals surface area (Å²) in [4.78, 5) is 23.5. The van der Waals surface area contributed by atoms with Gasteiger partial charge in [-0.3, -0.25) is 4.79 Å². The highest BCUT2D eigenvalue weighted by molar-refractivity contribution is 5.36. The Morgan fingerprint density at radius 3 is 2.31 bits per heavy atom. The van der Waals surface area contributed by atoms with Crippen molar-refractivity contribution in [3.8, 4) is 0 Å². The molecule has 0 rings (SSSR count). The highest BCUT2D eigenvalue weighted by atomic mass is 16.9. The number of ether oxygens (including phenoxy) is 1. The van der Waals surface area contributed by atoms with Gasteiger partial charge in [0.05, 0.1) is 13.2 Å². The molecule has 0 aromatic heterocycles. The zero-order chi connectivity index (χ0) is 9.94. The summed E-state index contributed by atoms with van der Waals surface area (Å²) >= 11 is 0. The van der Waals surface area contributed by atoms with Gasteiger partial charge in [0.1, 0.15) is 0 Å². The summed E-state index contributed by atoms with van der Waals surface area (Å²) < 4.78 is 4.46. The van der Waals surface area contributed by atoms with Crippen molar-refractivity contribution in [3.05, 3.63) is 10.1 Å². The lowest BCUT2D eigenvalue weighted by molar-refractivity contribution is -0.757. The molecule has 6 nitrogen and oxygen atoms in total. The molecule has 0 bridgehead atoms. The van der Waals surface area contributed by atoms with Crippen LogP contribution in [0.3, 0.4) is 0 Å². The summed E-state index contributed by atoms with van der Waals surface area (Å²) in [6.45, 7) is 0.969. The second-order valence-electron chi connectivity index (χ2n) is 2.44. The van der Waals surface area contributed by atoms with Crippen molar-refractivity contribution < 1.29 is 19.5 Å². The minimum absolute atomic E-state index is 0.140. The first kappa shape index (κ1) is 11.7. The first-order chi connectivity index (χ1) is 6.27. The van der Waals surface area contributed by atoms with Gasteiger partial charge in [0.25, 0.3) is 11.6 Å². The Kier molecular flexibility index (Phi) is 7.87. The molecule has 0 amide bonds. The number of hydrogen-bond donors (Lipinski definition) is 0. The topological polar surface area (TPSA) is 78.7 Å². The van der Waals surface area contributed by atoms with Crippen molar-refractivity contribution in [2.45, 2.75) is 25.7 Å². The van der Waals surface area contributed by atoms with Crippen molar-refractivity contribution >= 4 is 6.47 Å². The second kappa shape index (κ2) is 8.76. The van der Waals surface area contributed by atoms with Crippen molar-refractivity contribution in [2.75, 3.05) is 13.2 Å². The van der Waals surface area contributed by atoms with Crippen LogP contribution in [0.1, 0.15) is 25.7 Å². The molecule has 0 atom stereocenters. The van der Waals surface area contributed by atoms with Crippen LogP contribution in [-0.2, 0) is 14.4 Å². The number of carbonyl (C=O) groups excluding carboxylic acids is 1. The molecule has 0 unspecified atom stereocenters. The zero-order valence-electron chi connectivity index (χ0n) is 7.31. The fraction of sp³-hybridized carbons (Fsp3) is 0.857. The average Bonchev–Trinajstić information content (AvgIpc) is 2.09. The Labute approximate surface area is 75.9 Å². The molecule has 13 heavy (non-hydrogen) atoms. The summed E-state index contributed by atoms with van der Waals surface area (Å²) in [6.07, 6.45) is 3.17. The van der Waals surface area contributed by atoms with Gasteiger partial charge < -0.3 is 9.57 Å². The minimum atomic E-state index is -0.796. The van der Waals surface area contributed by atoms with E-state index in [4.69, 9.17) is 0 Å². The van der Waals surface area contributed by atoms with Gasteiger partial charge in [-0.05, 0) is 19.3 Å². The van der Waals surface area contributed by atoms with Crippen LogP contribution in [0.15, 0.2) is 0 Å². The SMILES string of the molecule is O=COCCCCCCO[N+](=O)[O-]. The number of carbonyl (C=O) groups is 1. The largest absolute Gasteiger partial charge is 0.468 e. The molecule has 0 saturated heterocycles. The van der Waals surface area contributed by atoms with Gasteiger partial charge in [-0.25, -0.2) is 0 Å². The first-order valence-electron chi connectivity index (χ1n) is 4.10. The molecule has 0 aromatic rings. The van der Waals surface area contributed by atoms with E-state index in [2.05, 4.69) is 9.57 Å². The molecule has 6 heteroatoms. The lowest BCUT2D eigenvalue weighted by atomic mass is 10.2. The molecular weight excluding hydrogens is 178 g/mol. The van der Waals surface area contributed by atoms with Crippen LogP contribution in [0, 0.1) is 10.1 Å². The highest BCUT2D eigenvalue weighted by Crippen LogP contribution is 1.99. The Morgan fingerprint density at radius 1 is 1.15 bits per heavy atom. The molecule has 0 aliphatic rings. The van der Waals surface area contributed by atoms with Gasteiger partial charge in [0.15, 0.2) is 0 Å². The second-order valence-corrected chi connectivity index (χ2v) is 2.44. The standard InChI is InChI=1S/C7H13NO5/c9-7-12-5-3-1-2-4-6-13-8(10)11/h7H,1-6H2. The normalized spacial score (nSPS) is 9.23. The lowest BCUT2D eigenvalue weighted by Crippen LogP contribution is -2.02. The predicted molar refractivity (Wildman–Crippen MR) is 43.4 cm³/mol. The van der Waals surface area contributed by atoms with E-state index in [-0.39, 0.29) is 6.61 Å². The fourth-order valence-corrected chi connectivity index (χ4v) is 0.828. The maximum atomic E-state index is 9.70. The van der Waals surface area contributed by atoms with Gasteiger partial charge in [-0.2, -0.15) is 0 Å². The van der Waals surface area contributed by atoms with Crippen molar-refractivity contribution in [2.24, 2.45) is 0 Å². The van der Waals surface area contributed by atoms with E-state index in [1.165, 1.54) is 0 Å². The highest BCUT2D eigenvalue weighted by Gasteiger charge is 1.94. The summed E-state index contributed by atoms with van der Waals surface area (Å²) in [5, 5.41) is 8.90. The smallest absolute Gasteiger partial charge is 0.294 e. The minimum Gasteiger partial charge on any atom is -0.468 e. The van der Waals surface area contributed by atoms with Crippen LogP contribution in [0.2, 0.25) is 0 Å². The zero-order valence-corrected chi connectivity index (χ0v) is 7.31. The molecule has 0 radical (unpaired) electrons. The number of rotatable bonds is 9. The van der Waals surface area contributed by atoms with Crippen LogP contribution in [-0.4, -0.2) is 24.8 Å². The number of nitrogens with zero attached hydrogens (tertiary/aromatic N) is 1. The Hall–Kier alpha value is -1.33. The molecule has 76 valence electrons.